The van der Waals surface area contributed by atoms with Gasteiger partial charge in [-0.2, -0.15) is 4.98 Å². The zero-order valence-corrected chi connectivity index (χ0v) is 16.4. The monoisotopic (exact) mass is 415 g/mol. The highest BCUT2D eigenvalue weighted by atomic mass is 31.2. The van der Waals surface area contributed by atoms with E-state index in [1.165, 1.54) is 6.20 Å². The third-order valence-corrected chi connectivity index (χ3v) is 4.90. The van der Waals surface area contributed by atoms with Crippen LogP contribution in [0.4, 0.5) is 10.7 Å². The summed E-state index contributed by atoms with van der Waals surface area (Å²) >= 11 is 0. The molecule has 2 aromatic rings. The smallest absolute Gasteiger partial charge is 0.432 e. The Morgan fingerprint density at radius 3 is 2.86 bits per heavy atom. The van der Waals surface area contributed by atoms with E-state index in [9.17, 15) is 14.3 Å². The minimum atomic E-state index is -4.11. The van der Waals surface area contributed by atoms with Gasteiger partial charge >= 0.3 is 13.8 Å². The number of hydrogen-bond donors (Lipinski definition) is 2. The zero-order valence-electron chi connectivity index (χ0n) is 15.5. The Hall–Kier alpha value is -2.27. The van der Waals surface area contributed by atoms with E-state index in [-0.39, 0.29) is 12.1 Å². The average Bonchev–Trinajstić information content (AvgIpc) is 3.26. The Kier molecular flexibility index (Phi) is 5.84. The van der Waals surface area contributed by atoms with E-state index >= 15 is 0 Å². The van der Waals surface area contributed by atoms with Crippen LogP contribution < -0.4 is 5.73 Å². The van der Waals surface area contributed by atoms with Crippen molar-refractivity contribution in [2.45, 2.75) is 44.9 Å². The minimum Gasteiger partial charge on any atom is -0.432 e. The predicted molar refractivity (Wildman–Crippen MR) is 96.1 cm³/mol. The SMILES string of the molecule is CC(C)OC(=O)OCOP(=O)(O)COC1(Cn2cnc3cnc(N)nc32)CC1. The summed E-state index contributed by atoms with van der Waals surface area (Å²) in [7, 11) is -4.11. The normalized spacial score (nSPS) is 17.4. The lowest BCUT2D eigenvalue weighted by atomic mass is 10.3. The number of imidazole rings is 1. The molecule has 0 aliphatic heterocycles. The first-order chi connectivity index (χ1) is 13.2. The van der Waals surface area contributed by atoms with Gasteiger partial charge in [-0.25, -0.2) is 14.8 Å². The highest BCUT2D eigenvalue weighted by Gasteiger charge is 2.46. The molecular weight excluding hydrogens is 393 g/mol. The summed E-state index contributed by atoms with van der Waals surface area (Å²) in [5.41, 5.74) is 6.14. The summed E-state index contributed by atoms with van der Waals surface area (Å²) in [4.78, 5) is 33.3. The van der Waals surface area contributed by atoms with Crippen molar-refractivity contribution in [3.05, 3.63) is 12.5 Å². The van der Waals surface area contributed by atoms with Crippen LogP contribution in [0.3, 0.4) is 0 Å². The lowest BCUT2D eigenvalue weighted by molar-refractivity contribution is -0.0176. The van der Waals surface area contributed by atoms with E-state index in [0.717, 1.165) is 0 Å². The van der Waals surface area contributed by atoms with Crippen LogP contribution in [-0.2, 0) is 29.8 Å². The fraction of sp³-hybridized carbons (Fsp3) is 0.600. The fourth-order valence-electron chi connectivity index (χ4n) is 2.42. The van der Waals surface area contributed by atoms with Gasteiger partial charge in [-0.05, 0) is 26.7 Å². The van der Waals surface area contributed by atoms with E-state index in [0.29, 0.717) is 30.6 Å². The molecule has 1 fully saturated rings. The summed E-state index contributed by atoms with van der Waals surface area (Å²) in [6.45, 7) is 2.97. The molecule has 0 radical (unpaired) electrons. The van der Waals surface area contributed by atoms with Crippen molar-refractivity contribution in [3.8, 4) is 0 Å². The number of anilines is 1. The first-order valence-electron chi connectivity index (χ1n) is 8.55. The van der Waals surface area contributed by atoms with Crippen molar-refractivity contribution in [2.24, 2.45) is 0 Å². The molecule has 2 aromatic heterocycles. The first kappa shape index (κ1) is 20.5. The van der Waals surface area contributed by atoms with Gasteiger partial charge in [0.1, 0.15) is 11.9 Å². The van der Waals surface area contributed by atoms with Crippen molar-refractivity contribution in [1.29, 1.82) is 0 Å². The number of ether oxygens (including phenoxy) is 3. The highest BCUT2D eigenvalue weighted by Crippen LogP contribution is 2.48. The van der Waals surface area contributed by atoms with Crippen LogP contribution in [0.25, 0.3) is 11.2 Å². The van der Waals surface area contributed by atoms with Gasteiger partial charge in [-0.15, -0.1) is 0 Å². The molecule has 154 valence electrons. The van der Waals surface area contributed by atoms with Gasteiger partial charge in [0.2, 0.25) is 12.7 Å². The van der Waals surface area contributed by atoms with Gasteiger partial charge in [0, 0.05) is 0 Å². The summed E-state index contributed by atoms with van der Waals surface area (Å²) in [5.74, 6) is 0.129. The number of fused-ring (bicyclic) bond motifs is 1. The standard InChI is InChI=1S/C15H22N5O7P/c1-10(2)27-14(21)24-8-26-28(22,23)9-25-15(3-4-15)6-20-7-18-11-5-17-13(16)19-12(11)20/h5,7,10H,3-4,6,8-9H2,1-2H3,(H,22,23)(H2,16,17,19). The third kappa shape index (κ3) is 5.38. The Morgan fingerprint density at radius 2 is 2.18 bits per heavy atom. The predicted octanol–water partition coefficient (Wildman–Crippen LogP) is 1.64. The summed E-state index contributed by atoms with van der Waals surface area (Å²) in [6, 6.07) is 0. The van der Waals surface area contributed by atoms with Gasteiger partial charge < -0.3 is 29.4 Å². The largest absolute Gasteiger partial charge is 0.510 e. The summed E-state index contributed by atoms with van der Waals surface area (Å²) < 4.78 is 33.5. The zero-order chi connectivity index (χ0) is 20.4. The summed E-state index contributed by atoms with van der Waals surface area (Å²) in [6.07, 6.45) is 2.61. The van der Waals surface area contributed by atoms with Crippen LogP contribution in [0.1, 0.15) is 26.7 Å². The van der Waals surface area contributed by atoms with E-state index in [2.05, 4.69) is 19.7 Å². The number of nitrogens with zero attached hydrogens (tertiary/aromatic N) is 4. The lowest BCUT2D eigenvalue weighted by Crippen LogP contribution is -2.23. The number of rotatable bonds is 9. The second kappa shape index (κ2) is 8.00. The molecular formula is C15H22N5O7P. The molecule has 0 amide bonds. The van der Waals surface area contributed by atoms with Crippen molar-refractivity contribution < 1.29 is 33.0 Å². The van der Waals surface area contributed by atoms with Gasteiger partial charge in [-0.1, -0.05) is 0 Å². The quantitative estimate of drug-likeness (QED) is 0.348. The second-order valence-electron chi connectivity index (χ2n) is 6.71. The lowest BCUT2D eigenvalue weighted by Gasteiger charge is -2.19. The van der Waals surface area contributed by atoms with E-state index in [4.69, 9.17) is 19.7 Å². The topological polar surface area (TPSA) is 161 Å². The highest BCUT2D eigenvalue weighted by molar-refractivity contribution is 7.52. The molecule has 0 bridgehead atoms. The van der Waals surface area contributed by atoms with Crippen molar-refractivity contribution >= 4 is 30.9 Å². The molecule has 13 heteroatoms. The third-order valence-electron chi connectivity index (χ3n) is 3.94. The van der Waals surface area contributed by atoms with Gasteiger partial charge in [0.05, 0.1) is 30.8 Å². The Balaban J connectivity index is 1.51. The molecule has 3 N–H and O–H groups in total. The maximum Gasteiger partial charge on any atom is 0.510 e. The van der Waals surface area contributed by atoms with Crippen LogP contribution in [-0.4, -0.2) is 55.4 Å². The Morgan fingerprint density at radius 1 is 1.43 bits per heavy atom. The van der Waals surface area contributed by atoms with E-state index < -0.39 is 32.5 Å². The number of nitrogens with two attached hydrogens (primary N) is 1. The van der Waals surface area contributed by atoms with Gasteiger partial charge in [-0.3, -0.25) is 9.09 Å². The van der Waals surface area contributed by atoms with Crippen LogP contribution in [0.15, 0.2) is 12.5 Å². The average molecular weight is 415 g/mol. The second-order valence-corrected chi connectivity index (χ2v) is 8.50. The van der Waals surface area contributed by atoms with Crippen LogP contribution >= 0.6 is 7.60 Å². The fourth-order valence-corrected chi connectivity index (χ4v) is 3.15. The Bertz CT molecular complexity index is 898. The van der Waals surface area contributed by atoms with Crippen LogP contribution in [0.5, 0.6) is 0 Å². The number of carbonyl (C=O) groups excluding carboxylic acids is 1. The molecule has 0 spiro atoms. The first-order valence-corrected chi connectivity index (χ1v) is 10.3. The van der Waals surface area contributed by atoms with Crippen LogP contribution in [0.2, 0.25) is 0 Å². The van der Waals surface area contributed by atoms with Gasteiger partial charge in [0.25, 0.3) is 0 Å². The molecule has 1 unspecified atom stereocenters. The van der Waals surface area contributed by atoms with Crippen molar-refractivity contribution in [3.63, 3.8) is 0 Å². The summed E-state index contributed by atoms with van der Waals surface area (Å²) in [5, 5.41) is 0. The molecule has 1 saturated carbocycles. The van der Waals surface area contributed by atoms with Crippen molar-refractivity contribution in [1.82, 2.24) is 19.5 Å². The Labute approximate surface area is 160 Å². The van der Waals surface area contributed by atoms with Crippen molar-refractivity contribution in [2.75, 3.05) is 18.9 Å². The number of hydrogen-bond acceptors (Lipinski definition) is 10. The maximum absolute atomic E-state index is 12.1. The molecule has 12 nitrogen and oxygen atoms in total. The van der Waals surface area contributed by atoms with E-state index in [1.807, 2.05) is 0 Å². The molecule has 1 atom stereocenters. The maximum atomic E-state index is 12.1. The number of nitrogen functional groups attached to an aromatic ring is 1. The number of carbonyl (C=O) groups is 1. The van der Waals surface area contributed by atoms with E-state index in [1.54, 1.807) is 24.7 Å². The minimum absolute atomic E-state index is 0.129. The van der Waals surface area contributed by atoms with Crippen LogP contribution in [0, 0.1) is 0 Å². The molecule has 1 aliphatic carbocycles. The molecule has 28 heavy (non-hydrogen) atoms. The molecule has 2 heterocycles. The number of aromatic nitrogens is 4. The molecule has 1 aliphatic rings. The molecule has 0 saturated heterocycles. The van der Waals surface area contributed by atoms with Gasteiger partial charge in [0.15, 0.2) is 5.65 Å². The molecule has 3 rings (SSSR count). The molecule has 0 aromatic carbocycles.